The van der Waals surface area contributed by atoms with E-state index in [1.165, 1.54) is 10.4 Å². The standard InChI is InChI=1S/C19H20Cl2N2O3S/c20-15-6-9-17(18(21)12-15)19(24)22-13-14-4-7-16(8-5-14)27(25,26)23-10-2-1-3-11-23/h4-9,12H,1-3,10-11,13H2,(H,22,24). The van der Waals surface area contributed by atoms with Gasteiger partial charge in [0.2, 0.25) is 10.0 Å². The molecule has 1 N–H and O–H groups in total. The molecule has 1 amide bonds. The lowest BCUT2D eigenvalue weighted by Gasteiger charge is -2.25. The molecule has 0 spiro atoms. The van der Waals surface area contributed by atoms with Crippen molar-refractivity contribution in [3.8, 4) is 0 Å². The summed E-state index contributed by atoms with van der Waals surface area (Å²) in [4.78, 5) is 12.5. The zero-order valence-corrected chi connectivity index (χ0v) is 16.9. The number of piperidine rings is 1. The van der Waals surface area contributed by atoms with E-state index in [0.29, 0.717) is 23.7 Å². The number of hydrogen-bond acceptors (Lipinski definition) is 3. The van der Waals surface area contributed by atoms with Crippen LogP contribution in [0.2, 0.25) is 10.0 Å². The molecule has 1 heterocycles. The molecule has 1 aliphatic rings. The van der Waals surface area contributed by atoms with Crippen molar-refractivity contribution >= 4 is 39.1 Å². The summed E-state index contributed by atoms with van der Waals surface area (Å²) in [5.74, 6) is -0.318. The molecule has 0 saturated carbocycles. The molecule has 8 heteroatoms. The molecule has 0 aliphatic carbocycles. The van der Waals surface area contributed by atoms with Gasteiger partial charge < -0.3 is 5.32 Å². The van der Waals surface area contributed by atoms with Gasteiger partial charge in [-0.25, -0.2) is 8.42 Å². The molecule has 0 radical (unpaired) electrons. The second-order valence-electron chi connectivity index (χ2n) is 6.42. The van der Waals surface area contributed by atoms with Gasteiger partial charge in [0.1, 0.15) is 0 Å². The lowest BCUT2D eigenvalue weighted by Crippen LogP contribution is -2.35. The summed E-state index contributed by atoms with van der Waals surface area (Å²) in [7, 11) is -3.45. The minimum atomic E-state index is -3.45. The van der Waals surface area contributed by atoms with Gasteiger partial charge in [-0.15, -0.1) is 0 Å². The van der Waals surface area contributed by atoms with Crippen molar-refractivity contribution in [3.05, 3.63) is 63.6 Å². The third-order valence-corrected chi connectivity index (χ3v) is 6.97. The Labute approximate surface area is 169 Å². The van der Waals surface area contributed by atoms with Crippen LogP contribution in [0.3, 0.4) is 0 Å². The summed E-state index contributed by atoms with van der Waals surface area (Å²) in [6, 6.07) is 11.3. The SMILES string of the molecule is O=C(NCc1ccc(S(=O)(=O)N2CCCCC2)cc1)c1ccc(Cl)cc1Cl. The van der Waals surface area contributed by atoms with Gasteiger partial charge in [0.15, 0.2) is 0 Å². The number of rotatable bonds is 5. The average Bonchev–Trinajstić information content (AvgIpc) is 2.67. The summed E-state index contributed by atoms with van der Waals surface area (Å²) in [5, 5.41) is 3.51. The van der Waals surface area contributed by atoms with Crippen molar-refractivity contribution in [1.82, 2.24) is 9.62 Å². The molecular weight excluding hydrogens is 407 g/mol. The lowest BCUT2D eigenvalue weighted by molar-refractivity contribution is 0.0951. The highest BCUT2D eigenvalue weighted by Crippen LogP contribution is 2.22. The average molecular weight is 427 g/mol. The minimum absolute atomic E-state index is 0.266. The Bertz CT molecular complexity index is 924. The molecule has 2 aromatic rings. The predicted octanol–water partition coefficient (Wildman–Crippen LogP) is 4.10. The fourth-order valence-corrected chi connectivity index (χ4v) is 5.00. The van der Waals surface area contributed by atoms with Gasteiger partial charge in [0.05, 0.1) is 15.5 Å². The molecule has 2 aromatic carbocycles. The molecule has 1 aliphatic heterocycles. The number of sulfonamides is 1. The van der Waals surface area contributed by atoms with Crippen LogP contribution in [-0.2, 0) is 16.6 Å². The third-order valence-electron chi connectivity index (χ3n) is 4.50. The monoisotopic (exact) mass is 426 g/mol. The number of nitrogens with one attached hydrogen (secondary N) is 1. The summed E-state index contributed by atoms with van der Waals surface area (Å²) >= 11 is 11.9. The molecule has 1 fully saturated rings. The van der Waals surface area contributed by atoms with Crippen LogP contribution >= 0.6 is 23.2 Å². The number of amides is 1. The van der Waals surface area contributed by atoms with Crippen molar-refractivity contribution < 1.29 is 13.2 Å². The third kappa shape index (κ3) is 4.82. The summed E-state index contributed by atoms with van der Waals surface area (Å²) < 4.78 is 26.8. The van der Waals surface area contributed by atoms with E-state index in [1.54, 1.807) is 36.4 Å². The molecule has 3 rings (SSSR count). The molecule has 0 aromatic heterocycles. The normalized spacial score (nSPS) is 15.5. The van der Waals surface area contributed by atoms with Gasteiger partial charge in [-0.05, 0) is 48.7 Å². The molecule has 0 unspecified atom stereocenters. The van der Waals surface area contributed by atoms with Gasteiger partial charge in [-0.3, -0.25) is 4.79 Å². The smallest absolute Gasteiger partial charge is 0.253 e. The largest absolute Gasteiger partial charge is 0.348 e. The van der Waals surface area contributed by atoms with Crippen LogP contribution in [0, 0.1) is 0 Å². The summed E-state index contributed by atoms with van der Waals surface area (Å²) in [6.45, 7) is 1.41. The minimum Gasteiger partial charge on any atom is -0.348 e. The van der Waals surface area contributed by atoms with Crippen molar-refractivity contribution in [2.24, 2.45) is 0 Å². The first-order valence-electron chi connectivity index (χ1n) is 8.70. The Morgan fingerprint density at radius 3 is 2.30 bits per heavy atom. The second-order valence-corrected chi connectivity index (χ2v) is 9.20. The number of halogens is 2. The van der Waals surface area contributed by atoms with E-state index in [9.17, 15) is 13.2 Å². The molecule has 0 atom stereocenters. The Morgan fingerprint density at radius 1 is 1.00 bits per heavy atom. The fourth-order valence-electron chi connectivity index (χ4n) is 2.98. The number of nitrogens with zero attached hydrogens (tertiary/aromatic N) is 1. The first kappa shape index (κ1) is 20.1. The Kier molecular flexibility index (Phi) is 6.42. The van der Waals surface area contributed by atoms with Crippen LogP contribution in [0.25, 0.3) is 0 Å². The molecule has 1 saturated heterocycles. The van der Waals surface area contributed by atoms with Crippen LogP contribution in [0.15, 0.2) is 47.4 Å². The van der Waals surface area contributed by atoms with Crippen LogP contribution in [-0.4, -0.2) is 31.7 Å². The maximum atomic E-state index is 12.6. The topological polar surface area (TPSA) is 66.5 Å². The zero-order chi connectivity index (χ0) is 19.4. The van der Waals surface area contributed by atoms with Crippen LogP contribution in [0.1, 0.15) is 35.2 Å². The highest BCUT2D eigenvalue weighted by molar-refractivity contribution is 7.89. The number of carbonyl (C=O) groups excluding carboxylic acids is 1. The molecule has 27 heavy (non-hydrogen) atoms. The van der Waals surface area contributed by atoms with E-state index in [0.717, 1.165) is 24.8 Å². The Hall–Kier alpha value is -1.60. The zero-order valence-electron chi connectivity index (χ0n) is 14.6. The predicted molar refractivity (Wildman–Crippen MR) is 107 cm³/mol. The fraction of sp³-hybridized carbons (Fsp3) is 0.316. The highest BCUT2D eigenvalue weighted by Gasteiger charge is 2.25. The highest BCUT2D eigenvalue weighted by atomic mass is 35.5. The lowest BCUT2D eigenvalue weighted by atomic mass is 10.2. The number of hydrogen-bond donors (Lipinski definition) is 1. The van der Waals surface area contributed by atoms with E-state index in [2.05, 4.69) is 5.32 Å². The van der Waals surface area contributed by atoms with Gasteiger partial charge in [0.25, 0.3) is 5.91 Å². The molecule has 0 bridgehead atoms. The first-order valence-corrected chi connectivity index (χ1v) is 10.9. The van der Waals surface area contributed by atoms with E-state index in [-0.39, 0.29) is 22.4 Å². The summed E-state index contributed by atoms with van der Waals surface area (Å²) in [6.07, 6.45) is 2.87. The van der Waals surface area contributed by atoms with Crippen molar-refractivity contribution in [1.29, 1.82) is 0 Å². The van der Waals surface area contributed by atoms with Gasteiger partial charge in [-0.2, -0.15) is 4.31 Å². The second kappa shape index (κ2) is 8.61. The van der Waals surface area contributed by atoms with Crippen LogP contribution in [0.4, 0.5) is 0 Å². The number of benzene rings is 2. The molecular formula is C19H20Cl2N2O3S. The molecule has 5 nitrogen and oxygen atoms in total. The quantitative estimate of drug-likeness (QED) is 0.782. The number of carbonyl (C=O) groups is 1. The van der Waals surface area contributed by atoms with E-state index in [4.69, 9.17) is 23.2 Å². The van der Waals surface area contributed by atoms with Gasteiger partial charge in [-0.1, -0.05) is 41.8 Å². The van der Waals surface area contributed by atoms with E-state index >= 15 is 0 Å². The van der Waals surface area contributed by atoms with E-state index in [1.807, 2.05) is 0 Å². The summed E-state index contributed by atoms with van der Waals surface area (Å²) in [5.41, 5.74) is 1.14. The van der Waals surface area contributed by atoms with Gasteiger partial charge >= 0.3 is 0 Å². The van der Waals surface area contributed by atoms with Crippen molar-refractivity contribution in [3.63, 3.8) is 0 Å². The Morgan fingerprint density at radius 2 is 1.67 bits per heavy atom. The maximum Gasteiger partial charge on any atom is 0.253 e. The van der Waals surface area contributed by atoms with Crippen LogP contribution < -0.4 is 5.32 Å². The first-order chi connectivity index (χ1) is 12.9. The Balaban J connectivity index is 1.64. The maximum absolute atomic E-state index is 12.6. The molecule has 144 valence electrons. The van der Waals surface area contributed by atoms with Crippen molar-refractivity contribution in [2.75, 3.05) is 13.1 Å². The van der Waals surface area contributed by atoms with Gasteiger partial charge in [0, 0.05) is 24.7 Å². The van der Waals surface area contributed by atoms with Crippen LogP contribution in [0.5, 0.6) is 0 Å². The van der Waals surface area contributed by atoms with E-state index < -0.39 is 10.0 Å². The van der Waals surface area contributed by atoms with Crippen molar-refractivity contribution in [2.45, 2.75) is 30.7 Å².